The molecule has 14 atom stereocenters. The van der Waals surface area contributed by atoms with Crippen LogP contribution in [0.4, 0.5) is 15.9 Å². The highest BCUT2D eigenvalue weighted by atomic mass is 35.5. The number of nitrogens with one attached hydrogen (secondary N) is 1. The van der Waals surface area contributed by atoms with Gasteiger partial charge >= 0.3 is 5.97 Å². The molecule has 1 aromatic heterocycles. The number of carbonyl (C=O) groups is 5. The molecular weight excluding hydrogens is 1200 g/mol. The van der Waals surface area contributed by atoms with Crippen molar-refractivity contribution in [3.05, 3.63) is 76.4 Å². The molecule has 2 amide bonds. The lowest BCUT2D eigenvalue weighted by molar-refractivity contribution is -0.303. The molecule has 3 saturated heterocycles. The Bertz CT molecular complexity index is 3060. The molecule has 4 aliphatic heterocycles. The first-order chi connectivity index (χ1) is 43.6. The standard InChI is InChI=1S/C67H94ClFN6O16/c1-39-26-44(12-10-14-60(81)74-23-21-73(22-24-74)19-11-25-89-57-34-49-52(31-46(57)37-77)70-38-71-64(49)72-47-16-17-51(69)50(68)32-47)56(80)35-55(79)42(4)61(40(2)28-43-15-18-54(78)45(30-43)36-76)90-66(84)53-13-8-9-20-75(53)65(83)63(82)67(85)41(3)29-58(87-6)62(91-67)59(88-7)33-48(27-39)86-5/h16-17,26,28,31-32,34,38,41-45,48,53-55,58-59,61-62,76-79,85H,8-15,18-25,27,29-30,33,35-37H2,1-7H3,(H,70,71,72)/b39-26+,40-28+/t41-,42-,43+,44-,45+,48+,53+,54-,55+,58+,59+,61-,62+,67-/m1/s1. The molecule has 2 aromatic carbocycles. The lowest BCUT2D eigenvalue weighted by Crippen LogP contribution is -2.64. The van der Waals surface area contributed by atoms with Gasteiger partial charge in [-0.05, 0) is 126 Å². The fourth-order valence-corrected chi connectivity index (χ4v) is 13.9. The molecule has 0 spiro atoms. The van der Waals surface area contributed by atoms with Crippen molar-refractivity contribution >= 4 is 63.4 Å². The van der Waals surface area contributed by atoms with Crippen LogP contribution >= 0.6 is 11.6 Å². The highest BCUT2D eigenvalue weighted by Gasteiger charge is 2.57. The summed E-state index contributed by atoms with van der Waals surface area (Å²) in [5.41, 5.74) is 3.00. The van der Waals surface area contributed by atoms with Gasteiger partial charge in [0.2, 0.25) is 11.7 Å². The number of amides is 2. The van der Waals surface area contributed by atoms with Crippen molar-refractivity contribution in [2.75, 3.05) is 79.1 Å². The summed E-state index contributed by atoms with van der Waals surface area (Å²) in [4.78, 5) is 86.5. The predicted molar refractivity (Wildman–Crippen MR) is 336 cm³/mol. The number of nitrogens with zero attached hydrogens (tertiary/aromatic N) is 5. The Balaban J connectivity index is 0.956. The monoisotopic (exact) mass is 1290 g/mol. The number of ether oxygens (including phenoxy) is 6. The van der Waals surface area contributed by atoms with Gasteiger partial charge in [-0.3, -0.25) is 24.1 Å². The first kappa shape index (κ1) is 71.3. The van der Waals surface area contributed by atoms with Gasteiger partial charge in [0.05, 0.1) is 54.3 Å². The number of anilines is 2. The van der Waals surface area contributed by atoms with E-state index in [0.717, 1.165) is 10.5 Å². The Morgan fingerprint density at radius 2 is 1.65 bits per heavy atom. The number of fused-ring (bicyclic) bond motifs is 4. The average Bonchev–Trinajstić information content (AvgIpc) is 0.837. The van der Waals surface area contributed by atoms with Gasteiger partial charge in [-0.1, -0.05) is 43.2 Å². The second-order valence-electron chi connectivity index (χ2n) is 25.6. The number of allylic oxidation sites excluding steroid dienone is 2. The van der Waals surface area contributed by atoms with Gasteiger partial charge in [-0.15, -0.1) is 0 Å². The molecule has 502 valence electrons. The summed E-state index contributed by atoms with van der Waals surface area (Å²) in [6, 6.07) is 6.53. The Morgan fingerprint density at radius 3 is 2.35 bits per heavy atom. The third-order valence-corrected chi connectivity index (χ3v) is 19.6. The normalized spacial score (nSPS) is 31.3. The lowest BCUT2D eigenvalue weighted by Gasteiger charge is -2.47. The van der Waals surface area contributed by atoms with Gasteiger partial charge in [-0.25, -0.2) is 19.2 Å². The van der Waals surface area contributed by atoms with E-state index < -0.39 is 95.8 Å². The number of aliphatic hydroxyl groups excluding tert-OH is 4. The van der Waals surface area contributed by atoms with Crippen LogP contribution in [0.25, 0.3) is 10.9 Å². The maximum absolute atomic E-state index is 14.8. The number of carbonyl (C=O) groups excluding carboxylic acids is 5. The number of methoxy groups -OCH3 is 3. The van der Waals surface area contributed by atoms with Crippen LogP contribution in [0.3, 0.4) is 0 Å². The number of ketones is 2. The number of hydrogen-bond donors (Lipinski definition) is 6. The van der Waals surface area contributed by atoms with Gasteiger partial charge in [0.25, 0.3) is 11.7 Å². The number of cyclic esters (lactones) is 1. The van der Waals surface area contributed by atoms with Crippen LogP contribution in [-0.4, -0.2) is 208 Å². The molecule has 1 saturated carbocycles. The molecule has 91 heavy (non-hydrogen) atoms. The number of rotatable bonds is 18. The Morgan fingerprint density at radius 1 is 0.901 bits per heavy atom. The van der Waals surface area contributed by atoms with E-state index in [4.69, 9.17) is 40.0 Å². The Labute approximate surface area is 537 Å². The second kappa shape index (κ2) is 33.0. The Hall–Kier alpha value is -5.57. The molecule has 24 heteroatoms. The molecule has 2 bridgehead atoms. The van der Waals surface area contributed by atoms with E-state index in [-0.39, 0.29) is 86.8 Å². The average molecular weight is 1290 g/mol. The maximum atomic E-state index is 14.8. The summed E-state index contributed by atoms with van der Waals surface area (Å²) in [6.07, 6.45) is 3.31. The van der Waals surface area contributed by atoms with Gasteiger partial charge < -0.3 is 69.1 Å². The number of halogens is 2. The molecule has 3 aromatic rings. The van der Waals surface area contributed by atoms with Crippen LogP contribution in [0.2, 0.25) is 5.02 Å². The van der Waals surface area contributed by atoms with E-state index in [2.05, 4.69) is 20.2 Å². The highest BCUT2D eigenvalue weighted by Crippen LogP contribution is 2.40. The largest absolute Gasteiger partial charge is 0.493 e. The Kier molecular flexibility index (Phi) is 25.9. The topological polar surface area (TPSA) is 289 Å². The summed E-state index contributed by atoms with van der Waals surface area (Å²) in [7, 11) is 4.49. The van der Waals surface area contributed by atoms with Crippen molar-refractivity contribution in [1.29, 1.82) is 0 Å². The van der Waals surface area contributed by atoms with Crippen molar-refractivity contribution in [2.45, 2.75) is 179 Å². The van der Waals surface area contributed by atoms with Gasteiger partial charge in [-0.2, -0.15) is 0 Å². The number of aromatic nitrogens is 2. The number of esters is 1. The lowest BCUT2D eigenvalue weighted by atomic mass is 9.78. The fourth-order valence-electron chi connectivity index (χ4n) is 13.7. The molecule has 8 rings (SSSR count). The molecule has 5 heterocycles. The number of Topliss-reactive ketones (excluding diaryl/α,β-unsaturated/α-hetero) is 2. The minimum atomic E-state index is -2.63. The third-order valence-electron chi connectivity index (χ3n) is 19.3. The van der Waals surface area contributed by atoms with E-state index in [1.165, 1.54) is 32.7 Å². The molecule has 0 unspecified atom stereocenters. The molecule has 0 radical (unpaired) electrons. The number of aliphatic hydroxyl groups is 5. The fraction of sp³-hybridized carbons (Fsp3) is 0.657. The molecular formula is C67H94ClFN6O16. The number of piperidine rings is 1. The summed E-state index contributed by atoms with van der Waals surface area (Å²) in [6.45, 7) is 9.78. The van der Waals surface area contributed by atoms with Crippen LogP contribution in [0.5, 0.6) is 5.75 Å². The minimum Gasteiger partial charge on any atom is -0.493 e. The number of piperazine rings is 1. The van der Waals surface area contributed by atoms with E-state index >= 15 is 0 Å². The van der Waals surface area contributed by atoms with Crippen LogP contribution in [0.1, 0.15) is 123 Å². The first-order valence-corrected chi connectivity index (χ1v) is 32.6. The molecule has 4 fully saturated rings. The zero-order valence-electron chi connectivity index (χ0n) is 53.6. The minimum absolute atomic E-state index is 0.0167. The van der Waals surface area contributed by atoms with Crippen LogP contribution in [0, 0.1) is 35.4 Å². The maximum Gasteiger partial charge on any atom is 0.329 e. The van der Waals surface area contributed by atoms with Gasteiger partial charge in [0.15, 0.2) is 0 Å². The molecule has 22 nitrogen and oxygen atoms in total. The first-order valence-electron chi connectivity index (χ1n) is 32.2. The van der Waals surface area contributed by atoms with Crippen molar-refractivity contribution in [1.82, 2.24) is 24.7 Å². The second-order valence-corrected chi connectivity index (χ2v) is 26.0. The smallest absolute Gasteiger partial charge is 0.329 e. The number of hydrogen-bond acceptors (Lipinski definition) is 20. The predicted octanol–water partition coefficient (Wildman–Crippen LogP) is 6.79. The summed E-state index contributed by atoms with van der Waals surface area (Å²) in [5, 5.41) is 59.2. The third kappa shape index (κ3) is 17.8. The summed E-state index contributed by atoms with van der Waals surface area (Å²) >= 11 is 6.02. The van der Waals surface area contributed by atoms with Crippen LogP contribution in [-0.2, 0) is 54.3 Å². The highest BCUT2D eigenvalue weighted by molar-refractivity contribution is 6.39. The van der Waals surface area contributed by atoms with Crippen molar-refractivity contribution < 1.29 is 82.3 Å². The summed E-state index contributed by atoms with van der Waals surface area (Å²) < 4.78 is 50.7. The number of benzene rings is 2. The molecule has 5 aliphatic rings. The van der Waals surface area contributed by atoms with Crippen molar-refractivity contribution in [2.24, 2.45) is 29.6 Å². The van der Waals surface area contributed by atoms with Crippen LogP contribution < -0.4 is 10.1 Å². The molecule has 6 N–H and O–H groups in total. The van der Waals surface area contributed by atoms with Crippen LogP contribution in [0.15, 0.2) is 60.0 Å². The van der Waals surface area contributed by atoms with E-state index in [1.54, 1.807) is 46.1 Å². The van der Waals surface area contributed by atoms with Gasteiger partial charge in [0, 0.05) is 127 Å². The quantitative estimate of drug-likeness (QED) is 0.0331. The zero-order valence-corrected chi connectivity index (χ0v) is 54.4. The molecule has 1 aliphatic carbocycles. The van der Waals surface area contributed by atoms with Crippen molar-refractivity contribution in [3.8, 4) is 5.75 Å². The van der Waals surface area contributed by atoms with E-state index in [9.17, 15) is 53.9 Å². The zero-order chi connectivity index (χ0) is 65.7. The summed E-state index contributed by atoms with van der Waals surface area (Å²) in [5.74, 6) is -8.80. The SMILES string of the molecule is CO[C@H]1C/C(C)=C/[C@@H](CCCC(=O)N2CCN(CCCOc3cc4c(Nc5ccc(F)c(Cl)c5)ncnc4cc3CO)CC2)C(=O)C[C@H](O)[C@@H](C)[C@@H](/C(C)=C/[C@@H]2CC[C@@H](O)[C@H](CO)C2)OC(=O)[C@@H]2CCCCN2C(=O)C(=O)[C@]2(O)O[C@H]([C@@H](OC)C1)[C@@H](OC)C[C@H]2C. The van der Waals surface area contributed by atoms with E-state index in [1.807, 2.05) is 24.0 Å². The van der Waals surface area contributed by atoms with Gasteiger partial charge in [0.1, 0.15) is 47.7 Å². The van der Waals surface area contributed by atoms with Crippen molar-refractivity contribution in [3.63, 3.8) is 0 Å². The van der Waals surface area contributed by atoms with E-state index in [0.29, 0.717) is 130 Å².